The Labute approximate surface area is 252 Å². The zero-order chi connectivity index (χ0) is 31.1. The first-order valence-corrected chi connectivity index (χ1v) is 15.4. The van der Waals surface area contributed by atoms with Crippen LogP contribution in [0.25, 0.3) is 0 Å². The minimum Gasteiger partial charge on any atom is -0.508 e. The lowest BCUT2D eigenvalue weighted by atomic mass is 9.96. The number of unbranched alkanes of at least 4 members (excludes halogenated alkanes) is 5. The molecule has 0 aliphatic rings. The number of aromatic hydroxyl groups is 1. The number of ether oxygens (including phenoxy) is 1. The van der Waals surface area contributed by atoms with Crippen molar-refractivity contribution < 1.29 is 24.2 Å². The third-order valence-electron chi connectivity index (χ3n) is 7.02. The van der Waals surface area contributed by atoms with Gasteiger partial charge in [-0.2, -0.15) is 0 Å². The first kappa shape index (κ1) is 34.7. The Morgan fingerprint density at radius 2 is 1.55 bits per heavy atom. The molecule has 8 nitrogen and oxygen atoms in total. The predicted octanol–water partition coefficient (Wildman–Crippen LogP) is 6.59. The van der Waals surface area contributed by atoms with E-state index in [1.54, 1.807) is 49.9 Å². The molecular weight excluding hydrogens is 530 g/mol. The molecule has 2 atom stereocenters. The monoisotopic (exact) mass is 581 g/mol. The molecule has 0 aliphatic carbocycles. The highest BCUT2D eigenvalue weighted by atomic mass is 16.6. The van der Waals surface area contributed by atoms with Crippen LogP contribution in [-0.2, 0) is 20.7 Å². The van der Waals surface area contributed by atoms with Crippen LogP contribution >= 0.6 is 0 Å². The SMILES string of the molecule is CCCCCCN(C(=O)C(Cc1ccc(O)cc1)NC(=O)OC(C)(C)C)C(C(=O)NCCCCC)c1ccccc1C. The second-order valence-electron chi connectivity index (χ2n) is 11.9. The van der Waals surface area contributed by atoms with E-state index in [1.807, 2.05) is 31.2 Å². The van der Waals surface area contributed by atoms with Crippen molar-refractivity contribution >= 4 is 17.9 Å². The molecule has 0 spiro atoms. The molecule has 0 aromatic heterocycles. The number of benzene rings is 2. The fraction of sp³-hybridized carbons (Fsp3) is 0.559. The fourth-order valence-electron chi connectivity index (χ4n) is 4.82. The number of rotatable bonds is 16. The summed E-state index contributed by atoms with van der Waals surface area (Å²) in [7, 11) is 0. The first-order chi connectivity index (χ1) is 20.0. The van der Waals surface area contributed by atoms with E-state index in [0.29, 0.717) is 13.1 Å². The molecule has 2 unspecified atom stereocenters. The molecule has 0 heterocycles. The molecular formula is C34H51N3O5. The summed E-state index contributed by atoms with van der Waals surface area (Å²) in [5.41, 5.74) is 1.67. The van der Waals surface area contributed by atoms with Gasteiger partial charge in [-0.25, -0.2) is 4.79 Å². The molecule has 0 saturated heterocycles. The van der Waals surface area contributed by atoms with Crippen LogP contribution in [0.3, 0.4) is 0 Å². The average Bonchev–Trinajstić information content (AvgIpc) is 2.93. The van der Waals surface area contributed by atoms with E-state index < -0.39 is 23.8 Å². The van der Waals surface area contributed by atoms with Crippen molar-refractivity contribution in [3.8, 4) is 5.75 Å². The topological polar surface area (TPSA) is 108 Å². The maximum atomic E-state index is 14.5. The molecule has 3 N–H and O–H groups in total. The van der Waals surface area contributed by atoms with Gasteiger partial charge in [-0.15, -0.1) is 0 Å². The van der Waals surface area contributed by atoms with Gasteiger partial charge < -0.3 is 25.4 Å². The summed E-state index contributed by atoms with van der Waals surface area (Å²) in [5.74, 6) is -0.481. The van der Waals surface area contributed by atoms with E-state index >= 15 is 0 Å². The number of carbonyl (C=O) groups is 3. The van der Waals surface area contributed by atoms with Gasteiger partial charge in [0.1, 0.15) is 23.4 Å². The normalized spacial score (nSPS) is 12.7. The van der Waals surface area contributed by atoms with Crippen molar-refractivity contribution in [3.63, 3.8) is 0 Å². The molecule has 2 rings (SSSR count). The summed E-state index contributed by atoms with van der Waals surface area (Å²) >= 11 is 0. The van der Waals surface area contributed by atoms with E-state index in [2.05, 4.69) is 24.5 Å². The quantitative estimate of drug-likeness (QED) is 0.194. The number of nitrogens with zero attached hydrogens (tertiary/aromatic N) is 1. The number of carbonyl (C=O) groups excluding carboxylic acids is 3. The fourth-order valence-corrected chi connectivity index (χ4v) is 4.82. The van der Waals surface area contributed by atoms with Gasteiger partial charge in [0.15, 0.2) is 0 Å². The van der Waals surface area contributed by atoms with E-state index in [-0.39, 0.29) is 24.0 Å². The number of hydrogen-bond donors (Lipinski definition) is 3. The third kappa shape index (κ3) is 11.7. The standard InChI is InChI=1S/C34H51N3O5/c1-7-9-11-15-23-37(30(28-17-13-12-16-25(28)3)31(39)35-22-14-10-8-2)32(40)29(36-33(41)42-34(4,5)6)24-26-18-20-27(38)21-19-26/h12-13,16-21,29-30,38H,7-11,14-15,22-24H2,1-6H3,(H,35,39)(H,36,41). The summed E-state index contributed by atoms with van der Waals surface area (Å²) in [6.45, 7) is 12.4. The number of hydrogen-bond acceptors (Lipinski definition) is 5. The molecule has 2 aromatic carbocycles. The lowest BCUT2D eigenvalue weighted by Crippen LogP contribution is -2.54. The predicted molar refractivity (Wildman–Crippen MR) is 167 cm³/mol. The molecule has 8 heteroatoms. The van der Waals surface area contributed by atoms with Crippen LogP contribution in [0.2, 0.25) is 0 Å². The maximum Gasteiger partial charge on any atom is 0.408 e. The van der Waals surface area contributed by atoms with Crippen molar-refractivity contribution in [1.82, 2.24) is 15.5 Å². The van der Waals surface area contributed by atoms with E-state index in [1.165, 1.54) is 0 Å². The summed E-state index contributed by atoms with van der Waals surface area (Å²) in [5, 5.41) is 15.6. The Morgan fingerprint density at radius 3 is 2.17 bits per heavy atom. The van der Waals surface area contributed by atoms with Crippen LogP contribution in [0, 0.1) is 6.92 Å². The van der Waals surface area contributed by atoms with E-state index in [0.717, 1.165) is 61.6 Å². The Hall–Kier alpha value is -3.55. The zero-order valence-corrected chi connectivity index (χ0v) is 26.4. The second-order valence-corrected chi connectivity index (χ2v) is 11.9. The Bertz CT molecular complexity index is 1130. The smallest absolute Gasteiger partial charge is 0.408 e. The molecule has 232 valence electrons. The molecule has 0 bridgehead atoms. The van der Waals surface area contributed by atoms with E-state index in [9.17, 15) is 19.5 Å². The van der Waals surface area contributed by atoms with Crippen molar-refractivity contribution in [2.24, 2.45) is 0 Å². The van der Waals surface area contributed by atoms with Gasteiger partial charge in [0, 0.05) is 19.5 Å². The molecule has 0 radical (unpaired) electrons. The Kier molecular flexibility index (Phi) is 14.4. The second kappa shape index (κ2) is 17.4. The maximum absolute atomic E-state index is 14.5. The summed E-state index contributed by atoms with van der Waals surface area (Å²) in [6, 6.07) is 12.3. The highest BCUT2D eigenvalue weighted by Gasteiger charge is 2.36. The number of alkyl carbamates (subject to hydrolysis) is 1. The summed E-state index contributed by atoms with van der Waals surface area (Å²) in [6.07, 6.45) is 6.06. The number of phenols is 1. The minimum absolute atomic E-state index is 0.110. The van der Waals surface area contributed by atoms with Crippen molar-refractivity contribution in [1.29, 1.82) is 0 Å². The Balaban J connectivity index is 2.53. The number of amides is 3. The Morgan fingerprint density at radius 1 is 0.905 bits per heavy atom. The average molecular weight is 582 g/mol. The number of phenolic OH excluding ortho intramolecular Hbond substituents is 1. The molecule has 3 amide bonds. The van der Waals surface area contributed by atoms with Gasteiger partial charge >= 0.3 is 6.09 Å². The molecule has 0 saturated carbocycles. The van der Waals surface area contributed by atoms with Crippen molar-refractivity contribution in [2.45, 2.75) is 111 Å². The van der Waals surface area contributed by atoms with Gasteiger partial charge in [0.25, 0.3) is 0 Å². The van der Waals surface area contributed by atoms with Crippen LogP contribution in [0.15, 0.2) is 48.5 Å². The van der Waals surface area contributed by atoms with Gasteiger partial charge in [0.2, 0.25) is 11.8 Å². The van der Waals surface area contributed by atoms with Gasteiger partial charge in [-0.3, -0.25) is 9.59 Å². The number of nitrogens with one attached hydrogen (secondary N) is 2. The number of aryl methyl sites for hydroxylation is 1. The highest BCUT2D eigenvalue weighted by molar-refractivity contribution is 5.92. The van der Waals surface area contributed by atoms with Gasteiger partial charge in [0.05, 0.1) is 0 Å². The van der Waals surface area contributed by atoms with E-state index in [4.69, 9.17) is 4.74 Å². The molecule has 0 aliphatic heterocycles. The zero-order valence-electron chi connectivity index (χ0n) is 26.4. The molecule has 2 aromatic rings. The lowest BCUT2D eigenvalue weighted by Gasteiger charge is -2.35. The van der Waals surface area contributed by atoms with Gasteiger partial charge in [-0.05, 0) is 69.4 Å². The van der Waals surface area contributed by atoms with Crippen LogP contribution in [-0.4, -0.2) is 52.6 Å². The molecule has 0 fully saturated rings. The summed E-state index contributed by atoms with van der Waals surface area (Å²) in [4.78, 5) is 43.0. The summed E-state index contributed by atoms with van der Waals surface area (Å²) < 4.78 is 5.52. The lowest BCUT2D eigenvalue weighted by molar-refractivity contribution is -0.142. The third-order valence-corrected chi connectivity index (χ3v) is 7.02. The van der Waals surface area contributed by atoms with Crippen LogP contribution in [0.5, 0.6) is 5.75 Å². The largest absolute Gasteiger partial charge is 0.508 e. The van der Waals surface area contributed by atoms with Crippen LogP contribution in [0.1, 0.15) is 102 Å². The van der Waals surface area contributed by atoms with Crippen LogP contribution < -0.4 is 10.6 Å². The van der Waals surface area contributed by atoms with Gasteiger partial charge in [-0.1, -0.05) is 82.3 Å². The van der Waals surface area contributed by atoms with Crippen molar-refractivity contribution in [3.05, 3.63) is 65.2 Å². The molecule has 42 heavy (non-hydrogen) atoms. The van der Waals surface area contributed by atoms with Crippen molar-refractivity contribution in [2.75, 3.05) is 13.1 Å². The highest BCUT2D eigenvalue weighted by Crippen LogP contribution is 2.27. The first-order valence-electron chi connectivity index (χ1n) is 15.4. The minimum atomic E-state index is -0.991. The van der Waals surface area contributed by atoms with Crippen LogP contribution in [0.4, 0.5) is 4.79 Å².